The van der Waals surface area contributed by atoms with Crippen molar-refractivity contribution in [3.05, 3.63) is 46.8 Å². The molecule has 1 atom stereocenters. The van der Waals surface area contributed by atoms with Crippen molar-refractivity contribution in [2.75, 3.05) is 5.32 Å². The number of hydrogen-bond donors (Lipinski definition) is 2. The summed E-state index contributed by atoms with van der Waals surface area (Å²) in [7, 11) is 0. The fourth-order valence-electron chi connectivity index (χ4n) is 3.24. The standard InChI is InChI=1S/C19H25N7O3/c1-6-24-12(3)15(9-21-24)10-25-13(4)17(11(2)23-25)22-18(27)16-7-8-20-26(16)14(5)19(28)29/h7-9,14H,6,10H2,1-5H3,(H,22,27)(H,28,29). The summed E-state index contributed by atoms with van der Waals surface area (Å²) in [5.74, 6) is -1.50. The number of nitrogens with one attached hydrogen (secondary N) is 1. The van der Waals surface area contributed by atoms with Gasteiger partial charge in [-0.2, -0.15) is 15.3 Å². The zero-order valence-electron chi connectivity index (χ0n) is 17.2. The van der Waals surface area contributed by atoms with Crippen LogP contribution in [-0.4, -0.2) is 46.3 Å². The quantitative estimate of drug-likeness (QED) is 0.628. The summed E-state index contributed by atoms with van der Waals surface area (Å²) in [6.45, 7) is 10.6. The van der Waals surface area contributed by atoms with Gasteiger partial charge in [-0.25, -0.2) is 9.48 Å². The minimum Gasteiger partial charge on any atom is -0.480 e. The van der Waals surface area contributed by atoms with Crippen LogP contribution in [0.25, 0.3) is 0 Å². The minimum absolute atomic E-state index is 0.173. The van der Waals surface area contributed by atoms with Crippen LogP contribution in [0.3, 0.4) is 0 Å². The third-order valence-corrected chi connectivity index (χ3v) is 5.07. The Hall–Kier alpha value is -3.43. The number of carbonyl (C=O) groups is 2. The summed E-state index contributed by atoms with van der Waals surface area (Å²) in [5, 5.41) is 24.9. The summed E-state index contributed by atoms with van der Waals surface area (Å²) in [4.78, 5) is 24.0. The molecule has 2 N–H and O–H groups in total. The molecule has 29 heavy (non-hydrogen) atoms. The monoisotopic (exact) mass is 399 g/mol. The molecule has 154 valence electrons. The number of aliphatic carboxylic acids is 1. The minimum atomic E-state index is -1.06. The summed E-state index contributed by atoms with van der Waals surface area (Å²) in [6, 6.07) is 0.542. The Morgan fingerprint density at radius 3 is 2.52 bits per heavy atom. The number of nitrogens with zero attached hydrogens (tertiary/aromatic N) is 6. The van der Waals surface area contributed by atoms with Gasteiger partial charge in [0.1, 0.15) is 11.7 Å². The first-order valence-corrected chi connectivity index (χ1v) is 9.37. The molecule has 3 aromatic heterocycles. The second-order valence-corrected chi connectivity index (χ2v) is 6.90. The highest BCUT2D eigenvalue weighted by atomic mass is 16.4. The van der Waals surface area contributed by atoms with E-state index < -0.39 is 17.9 Å². The number of carboxylic acid groups (broad SMARTS) is 1. The second kappa shape index (κ2) is 7.90. The van der Waals surface area contributed by atoms with Gasteiger partial charge in [-0.15, -0.1) is 0 Å². The molecule has 10 nitrogen and oxygen atoms in total. The van der Waals surface area contributed by atoms with E-state index in [9.17, 15) is 14.7 Å². The Balaban J connectivity index is 1.84. The maximum atomic E-state index is 12.8. The van der Waals surface area contributed by atoms with Crippen LogP contribution in [0.15, 0.2) is 18.5 Å². The summed E-state index contributed by atoms with van der Waals surface area (Å²) < 4.78 is 4.94. The van der Waals surface area contributed by atoms with E-state index >= 15 is 0 Å². The van der Waals surface area contributed by atoms with Gasteiger partial charge in [0.15, 0.2) is 0 Å². The normalized spacial score (nSPS) is 12.2. The van der Waals surface area contributed by atoms with Gasteiger partial charge in [0.2, 0.25) is 0 Å². The first kappa shape index (κ1) is 20.3. The molecule has 3 heterocycles. The van der Waals surface area contributed by atoms with E-state index in [4.69, 9.17) is 0 Å². The van der Waals surface area contributed by atoms with Crippen molar-refractivity contribution in [2.24, 2.45) is 0 Å². The molecule has 0 bridgehead atoms. The molecule has 10 heteroatoms. The molecule has 1 unspecified atom stereocenters. The van der Waals surface area contributed by atoms with Crippen molar-refractivity contribution >= 4 is 17.6 Å². The molecule has 0 aromatic carbocycles. The Kier molecular flexibility index (Phi) is 5.53. The number of aryl methyl sites for hydroxylation is 2. The zero-order valence-corrected chi connectivity index (χ0v) is 17.2. The summed E-state index contributed by atoms with van der Waals surface area (Å²) in [5.41, 5.74) is 4.39. The van der Waals surface area contributed by atoms with Gasteiger partial charge >= 0.3 is 5.97 Å². The Morgan fingerprint density at radius 1 is 1.17 bits per heavy atom. The Bertz CT molecular complexity index is 1060. The number of carboxylic acids is 1. The first-order valence-electron chi connectivity index (χ1n) is 9.37. The predicted octanol–water partition coefficient (Wildman–Crippen LogP) is 2.17. The van der Waals surface area contributed by atoms with Crippen molar-refractivity contribution in [1.29, 1.82) is 0 Å². The lowest BCUT2D eigenvalue weighted by Crippen LogP contribution is -2.24. The van der Waals surface area contributed by atoms with Crippen molar-refractivity contribution in [2.45, 2.75) is 53.8 Å². The molecular formula is C19H25N7O3. The van der Waals surface area contributed by atoms with E-state index in [1.165, 1.54) is 23.9 Å². The SMILES string of the molecule is CCn1ncc(Cn2nc(C)c(NC(=O)c3ccnn3C(C)C(=O)O)c2C)c1C. The van der Waals surface area contributed by atoms with Gasteiger partial charge in [-0.3, -0.25) is 14.2 Å². The van der Waals surface area contributed by atoms with Gasteiger partial charge in [0.05, 0.1) is 29.8 Å². The lowest BCUT2D eigenvalue weighted by molar-refractivity contribution is -0.140. The molecule has 0 aliphatic heterocycles. The van der Waals surface area contributed by atoms with Crippen molar-refractivity contribution < 1.29 is 14.7 Å². The maximum Gasteiger partial charge on any atom is 0.328 e. The van der Waals surface area contributed by atoms with Gasteiger partial charge < -0.3 is 10.4 Å². The van der Waals surface area contributed by atoms with E-state index in [1.54, 1.807) is 0 Å². The summed E-state index contributed by atoms with van der Waals surface area (Å²) in [6.07, 6.45) is 3.24. The number of anilines is 1. The highest BCUT2D eigenvalue weighted by molar-refractivity contribution is 6.04. The number of carbonyl (C=O) groups excluding carboxylic acids is 1. The lowest BCUT2D eigenvalue weighted by Gasteiger charge is -2.12. The Labute approximate surface area is 168 Å². The van der Waals surface area contributed by atoms with E-state index in [0.717, 1.165) is 23.5 Å². The molecule has 0 aliphatic rings. The third-order valence-electron chi connectivity index (χ3n) is 5.07. The molecule has 0 aliphatic carbocycles. The van der Waals surface area contributed by atoms with Crippen molar-refractivity contribution in [1.82, 2.24) is 29.3 Å². The number of hydrogen-bond acceptors (Lipinski definition) is 5. The average Bonchev–Trinajstić information content (AvgIpc) is 3.36. The smallest absolute Gasteiger partial charge is 0.328 e. The van der Waals surface area contributed by atoms with Crippen LogP contribution in [0.1, 0.15) is 53.0 Å². The van der Waals surface area contributed by atoms with Crippen molar-refractivity contribution in [3.8, 4) is 0 Å². The summed E-state index contributed by atoms with van der Waals surface area (Å²) >= 11 is 0. The van der Waals surface area contributed by atoms with E-state index in [1.807, 2.05) is 43.3 Å². The molecule has 3 rings (SSSR count). The molecular weight excluding hydrogens is 374 g/mol. The number of aromatic nitrogens is 6. The first-order chi connectivity index (χ1) is 13.7. The number of amides is 1. The van der Waals surface area contributed by atoms with Gasteiger partial charge in [0, 0.05) is 24.0 Å². The van der Waals surface area contributed by atoms with Crippen LogP contribution >= 0.6 is 0 Å². The predicted molar refractivity (Wildman–Crippen MR) is 106 cm³/mol. The lowest BCUT2D eigenvalue weighted by atomic mass is 10.2. The highest BCUT2D eigenvalue weighted by Crippen LogP contribution is 2.22. The van der Waals surface area contributed by atoms with E-state index in [-0.39, 0.29) is 5.69 Å². The largest absolute Gasteiger partial charge is 0.480 e. The number of rotatable bonds is 7. The molecule has 0 saturated carbocycles. The van der Waals surface area contributed by atoms with E-state index in [0.29, 0.717) is 17.9 Å². The molecule has 0 fully saturated rings. The van der Waals surface area contributed by atoms with Crippen molar-refractivity contribution in [3.63, 3.8) is 0 Å². The Morgan fingerprint density at radius 2 is 1.90 bits per heavy atom. The van der Waals surface area contributed by atoms with Crippen LogP contribution in [0.5, 0.6) is 0 Å². The van der Waals surface area contributed by atoms with Crippen LogP contribution in [0.4, 0.5) is 5.69 Å². The second-order valence-electron chi connectivity index (χ2n) is 6.90. The molecule has 1 amide bonds. The van der Waals surface area contributed by atoms with Crippen LogP contribution < -0.4 is 5.32 Å². The van der Waals surface area contributed by atoms with Gasteiger partial charge in [-0.1, -0.05) is 0 Å². The molecule has 3 aromatic rings. The van der Waals surface area contributed by atoms with E-state index in [2.05, 4.69) is 20.6 Å². The molecule has 0 spiro atoms. The van der Waals surface area contributed by atoms with Gasteiger partial charge in [-0.05, 0) is 40.7 Å². The average molecular weight is 399 g/mol. The zero-order chi connectivity index (χ0) is 21.3. The highest BCUT2D eigenvalue weighted by Gasteiger charge is 2.23. The van der Waals surface area contributed by atoms with Crippen LogP contribution in [0, 0.1) is 20.8 Å². The molecule has 0 saturated heterocycles. The third kappa shape index (κ3) is 3.78. The fourth-order valence-corrected chi connectivity index (χ4v) is 3.24. The topological polar surface area (TPSA) is 120 Å². The van der Waals surface area contributed by atoms with Crippen LogP contribution in [-0.2, 0) is 17.9 Å². The maximum absolute atomic E-state index is 12.8. The molecule has 0 radical (unpaired) electrons. The fraction of sp³-hybridized carbons (Fsp3) is 0.421. The van der Waals surface area contributed by atoms with Gasteiger partial charge in [0.25, 0.3) is 5.91 Å². The van der Waals surface area contributed by atoms with Crippen LogP contribution in [0.2, 0.25) is 0 Å².